The molecule has 1 aliphatic rings. The maximum atomic E-state index is 4.86. The molecule has 64 valence electrons. The quantitative estimate of drug-likeness (QED) is 0.518. The first-order valence-electron chi connectivity index (χ1n) is 4.46. The molecule has 0 radical (unpaired) electrons. The van der Waals surface area contributed by atoms with Gasteiger partial charge in [-0.3, -0.25) is 0 Å². The number of epoxide rings is 1. The molecule has 0 aromatic heterocycles. The number of hydrogen-bond acceptors (Lipinski definition) is 1. The summed E-state index contributed by atoms with van der Waals surface area (Å²) in [5.74, 6) is 0. The van der Waals surface area contributed by atoms with Crippen LogP contribution in [0.25, 0.3) is 0 Å². The minimum Gasteiger partial charge on any atom is -0.373 e. The van der Waals surface area contributed by atoms with Gasteiger partial charge in [0.05, 0.1) is 12.7 Å². The molecule has 0 bridgehead atoms. The van der Waals surface area contributed by atoms with Gasteiger partial charge in [-0.25, -0.2) is 0 Å². The first-order valence-corrected chi connectivity index (χ1v) is 4.46. The van der Waals surface area contributed by atoms with E-state index < -0.39 is 0 Å². The molecule has 1 nitrogen and oxygen atoms in total. The van der Waals surface area contributed by atoms with E-state index in [1.165, 1.54) is 12.8 Å². The highest BCUT2D eigenvalue weighted by Crippen LogP contribution is 2.10. The van der Waals surface area contributed by atoms with E-state index >= 15 is 0 Å². The molecule has 1 unspecified atom stereocenters. The van der Waals surface area contributed by atoms with Gasteiger partial charge in [-0.15, -0.1) is 0 Å². The molecule has 1 heterocycles. The lowest BCUT2D eigenvalue weighted by atomic mass is 10.4. The zero-order chi connectivity index (χ0) is 8.41. The highest BCUT2D eigenvalue weighted by molar-refractivity contribution is 4.64. The summed E-state index contributed by atoms with van der Waals surface area (Å²) in [6.07, 6.45) is 3.08. The molecule has 10 heavy (non-hydrogen) atoms. The van der Waals surface area contributed by atoms with Crippen molar-refractivity contribution >= 4 is 0 Å². The average molecular weight is 147 g/mol. The van der Waals surface area contributed by atoms with Crippen LogP contribution in [0, 0.1) is 0 Å². The monoisotopic (exact) mass is 147 g/mol. The smallest absolute Gasteiger partial charge is 0.373 e. The second-order valence-electron chi connectivity index (χ2n) is 2.07. The molecule has 1 saturated heterocycles. The van der Waals surface area contributed by atoms with Crippen molar-refractivity contribution in [2.24, 2.45) is 0 Å². The first-order chi connectivity index (χ1) is 4.85. The Balaban J connectivity index is -0.0000000956. The molecule has 1 atom stereocenters. The van der Waals surface area contributed by atoms with Crippen molar-refractivity contribution in [3.63, 3.8) is 0 Å². The normalized spacial score (nSPS) is 19.5. The molecule has 0 aromatic carbocycles. The zero-order valence-corrected chi connectivity index (χ0v) is 8.11. The number of ether oxygens (including phenoxy) is 1. The Labute approximate surface area is 67.3 Å². The fourth-order valence-electron chi connectivity index (χ4n) is 0.304. The van der Waals surface area contributed by atoms with Crippen LogP contribution in [-0.2, 0) is 4.74 Å². The minimum absolute atomic E-state index is 0. The van der Waals surface area contributed by atoms with E-state index in [0.717, 1.165) is 6.61 Å². The Bertz CT molecular complexity index is 44.8. The molecule has 1 rings (SSSR count). The van der Waals surface area contributed by atoms with Gasteiger partial charge in [-0.1, -0.05) is 41.0 Å². The molecule has 0 saturated carbocycles. The van der Waals surface area contributed by atoms with Gasteiger partial charge in [-0.05, 0) is 6.42 Å². The number of rotatable bonds is 1. The second kappa shape index (κ2) is 11.7. The van der Waals surface area contributed by atoms with Gasteiger partial charge in [0.25, 0.3) is 0 Å². The SMILES string of the molecule is CC.CCC.CCC1CO1.[H+]. The van der Waals surface area contributed by atoms with Crippen molar-refractivity contribution in [1.82, 2.24) is 0 Å². The summed E-state index contributed by atoms with van der Waals surface area (Å²) < 4.78 is 4.86. The summed E-state index contributed by atoms with van der Waals surface area (Å²) in [7, 11) is 0. The molecule has 0 amide bonds. The van der Waals surface area contributed by atoms with Crippen molar-refractivity contribution in [1.29, 1.82) is 0 Å². The fourth-order valence-corrected chi connectivity index (χ4v) is 0.304. The Morgan fingerprint density at radius 1 is 1.30 bits per heavy atom. The highest BCUT2D eigenvalue weighted by atomic mass is 16.6. The van der Waals surface area contributed by atoms with E-state index in [4.69, 9.17) is 4.74 Å². The predicted molar refractivity (Wildman–Crippen MR) is 48.5 cm³/mol. The minimum atomic E-state index is 0. The van der Waals surface area contributed by atoms with Gasteiger partial charge < -0.3 is 4.74 Å². The summed E-state index contributed by atoms with van der Waals surface area (Å²) in [4.78, 5) is 0. The van der Waals surface area contributed by atoms with Crippen molar-refractivity contribution in [3.8, 4) is 0 Å². The summed E-state index contributed by atoms with van der Waals surface area (Å²) in [5, 5.41) is 0. The first kappa shape index (κ1) is 12.6. The fraction of sp³-hybridized carbons (Fsp3) is 1.00. The van der Waals surface area contributed by atoms with Crippen molar-refractivity contribution in [3.05, 3.63) is 0 Å². The van der Waals surface area contributed by atoms with Crippen LogP contribution < -0.4 is 0 Å². The third-order valence-electron chi connectivity index (χ3n) is 0.858. The largest absolute Gasteiger partial charge is 1.00 e. The lowest BCUT2D eigenvalue weighted by Crippen LogP contribution is -1.73. The average Bonchev–Trinajstić information content (AvgIpc) is 2.75. The van der Waals surface area contributed by atoms with Crippen LogP contribution in [0.1, 0.15) is 48.9 Å². The van der Waals surface area contributed by atoms with Crippen LogP contribution in [0.4, 0.5) is 0 Å². The molecular formula is C9H23O+. The summed E-state index contributed by atoms with van der Waals surface area (Å²) in [5.41, 5.74) is 0. The summed E-state index contributed by atoms with van der Waals surface area (Å²) in [6.45, 7) is 11.4. The van der Waals surface area contributed by atoms with E-state index in [9.17, 15) is 0 Å². The van der Waals surface area contributed by atoms with E-state index in [0.29, 0.717) is 6.10 Å². The third-order valence-corrected chi connectivity index (χ3v) is 0.858. The Hall–Kier alpha value is -0.0400. The maximum absolute atomic E-state index is 4.86. The van der Waals surface area contributed by atoms with Crippen molar-refractivity contribution in [2.45, 2.75) is 53.6 Å². The second-order valence-corrected chi connectivity index (χ2v) is 2.07. The maximum Gasteiger partial charge on any atom is 1.00 e. The van der Waals surface area contributed by atoms with Gasteiger partial charge in [0, 0.05) is 0 Å². The van der Waals surface area contributed by atoms with Crippen molar-refractivity contribution in [2.75, 3.05) is 6.61 Å². The van der Waals surface area contributed by atoms with E-state index in [-0.39, 0.29) is 1.43 Å². The van der Waals surface area contributed by atoms with Crippen molar-refractivity contribution < 1.29 is 6.16 Å². The third kappa shape index (κ3) is 15.7. The standard InChI is InChI=1S/C4H8O.C3H8.C2H6/c1-2-4-3-5-4;1-3-2;1-2/h4H,2-3H2,1H3;3H2,1-2H3;1-2H3/p+1. The zero-order valence-electron chi connectivity index (χ0n) is 9.11. The molecule has 1 aliphatic heterocycles. The van der Waals surface area contributed by atoms with Crippen LogP contribution in [0.2, 0.25) is 0 Å². The molecule has 0 aromatic rings. The highest BCUT2D eigenvalue weighted by Gasteiger charge is 2.18. The summed E-state index contributed by atoms with van der Waals surface area (Å²) in [6, 6.07) is 0. The van der Waals surface area contributed by atoms with Gasteiger partial charge in [0.1, 0.15) is 0 Å². The number of hydrogen-bond donors (Lipinski definition) is 0. The Kier molecular flexibility index (Phi) is 14.8. The van der Waals surface area contributed by atoms with Gasteiger partial charge in [0.15, 0.2) is 0 Å². The van der Waals surface area contributed by atoms with Gasteiger partial charge >= 0.3 is 1.43 Å². The van der Waals surface area contributed by atoms with Crippen LogP contribution in [-0.4, -0.2) is 12.7 Å². The van der Waals surface area contributed by atoms with Crippen LogP contribution in [0.3, 0.4) is 0 Å². The predicted octanol–water partition coefficient (Wildman–Crippen LogP) is 3.35. The molecule has 1 fully saturated rings. The lowest BCUT2D eigenvalue weighted by Gasteiger charge is -1.69. The topological polar surface area (TPSA) is 12.5 Å². The van der Waals surface area contributed by atoms with Crippen LogP contribution in [0.15, 0.2) is 0 Å². The molecular weight excluding hydrogens is 124 g/mol. The summed E-state index contributed by atoms with van der Waals surface area (Å²) >= 11 is 0. The Morgan fingerprint density at radius 3 is 1.60 bits per heavy atom. The molecule has 1 heteroatoms. The van der Waals surface area contributed by atoms with Crippen LogP contribution in [0.5, 0.6) is 0 Å². The van der Waals surface area contributed by atoms with E-state index in [2.05, 4.69) is 20.8 Å². The molecule has 0 aliphatic carbocycles. The Morgan fingerprint density at radius 2 is 1.60 bits per heavy atom. The van der Waals surface area contributed by atoms with Gasteiger partial charge in [0.2, 0.25) is 0 Å². The van der Waals surface area contributed by atoms with Crippen LogP contribution >= 0.6 is 0 Å². The lowest BCUT2D eigenvalue weighted by molar-refractivity contribution is 0.403. The molecule has 0 N–H and O–H groups in total. The van der Waals surface area contributed by atoms with E-state index in [1.54, 1.807) is 0 Å². The molecule has 0 spiro atoms. The van der Waals surface area contributed by atoms with Gasteiger partial charge in [-0.2, -0.15) is 0 Å². The van der Waals surface area contributed by atoms with E-state index in [1.807, 2.05) is 13.8 Å².